The van der Waals surface area contributed by atoms with Gasteiger partial charge in [-0.3, -0.25) is 9.59 Å². The topological polar surface area (TPSA) is 57.6 Å². The highest BCUT2D eigenvalue weighted by Gasteiger charge is 2.41. The van der Waals surface area contributed by atoms with Crippen molar-refractivity contribution in [3.63, 3.8) is 0 Å². The van der Waals surface area contributed by atoms with Crippen molar-refractivity contribution < 1.29 is 14.7 Å². The third-order valence-electron chi connectivity index (χ3n) is 4.95. The van der Waals surface area contributed by atoms with Gasteiger partial charge < -0.3 is 10.0 Å². The molecule has 6 heteroatoms. The Labute approximate surface area is 173 Å². The second-order valence-corrected chi connectivity index (χ2v) is 8.57. The van der Waals surface area contributed by atoms with Gasteiger partial charge in [0.1, 0.15) is 5.92 Å². The smallest absolute Gasteiger partial charge is 0.313 e. The minimum Gasteiger partial charge on any atom is -0.481 e. The number of nitrogens with zero attached hydrogens (tertiary/aromatic N) is 1. The van der Waals surface area contributed by atoms with Crippen LogP contribution >= 0.6 is 27.5 Å². The van der Waals surface area contributed by atoms with Crippen molar-refractivity contribution in [1.82, 2.24) is 4.90 Å². The fourth-order valence-corrected chi connectivity index (χ4v) is 3.78. The van der Waals surface area contributed by atoms with Gasteiger partial charge in [-0.1, -0.05) is 45.7 Å². The molecule has 1 amide bonds. The molecule has 2 rings (SSSR count). The number of aryl methyl sites for hydroxylation is 2. The Bertz CT molecular complexity index is 867. The first-order chi connectivity index (χ1) is 12.6. The Morgan fingerprint density at radius 1 is 1.22 bits per heavy atom. The molecule has 0 radical (unpaired) electrons. The molecule has 0 saturated carbocycles. The summed E-state index contributed by atoms with van der Waals surface area (Å²) >= 11 is 9.49. The lowest BCUT2D eigenvalue weighted by molar-refractivity contribution is -0.144. The van der Waals surface area contributed by atoms with Crippen LogP contribution in [0, 0.1) is 13.8 Å². The summed E-state index contributed by atoms with van der Waals surface area (Å²) in [5.41, 5.74) is 2.41. The quantitative estimate of drug-likeness (QED) is 0.578. The molecule has 0 aliphatic rings. The van der Waals surface area contributed by atoms with Crippen LogP contribution in [-0.4, -0.2) is 27.9 Å². The standard InChI is InChI=1S/C21H23BrClNO3/c1-13-5-7-16(22)10-17(13)19(20(26)27)21(3,4)24(12-25)11-15-6-8-18(23)14(2)9-15/h5-10,12,19H,11H2,1-4H3,(H,26,27). The Balaban J connectivity index is 2.45. The maximum atomic E-state index is 12.2. The van der Waals surface area contributed by atoms with Crippen molar-refractivity contribution >= 4 is 39.9 Å². The average molecular weight is 453 g/mol. The Morgan fingerprint density at radius 2 is 1.89 bits per heavy atom. The molecule has 144 valence electrons. The maximum Gasteiger partial charge on any atom is 0.313 e. The number of benzene rings is 2. The Hall–Kier alpha value is -1.85. The number of carboxylic acids is 1. The lowest BCUT2D eigenvalue weighted by Crippen LogP contribution is -2.50. The van der Waals surface area contributed by atoms with Crippen LogP contribution < -0.4 is 0 Å². The molecule has 2 aromatic carbocycles. The molecule has 1 atom stereocenters. The minimum atomic E-state index is -0.972. The molecule has 0 aliphatic heterocycles. The van der Waals surface area contributed by atoms with E-state index in [0.29, 0.717) is 23.5 Å². The van der Waals surface area contributed by atoms with Crippen LogP contribution in [0.1, 0.15) is 42.0 Å². The molecule has 0 heterocycles. The summed E-state index contributed by atoms with van der Waals surface area (Å²) in [4.78, 5) is 25.7. The van der Waals surface area contributed by atoms with Crippen molar-refractivity contribution in [2.75, 3.05) is 0 Å². The monoisotopic (exact) mass is 451 g/mol. The molecule has 0 saturated heterocycles. The molecule has 2 aromatic rings. The summed E-state index contributed by atoms with van der Waals surface area (Å²) in [6.45, 7) is 7.63. The molecule has 0 aromatic heterocycles. The second kappa shape index (κ2) is 8.44. The number of aliphatic carboxylic acids is 1. The van der Waals surface area contributed by atoms with Gasteiger partial charge in [-0.2, -0.15) is 0 Å². The van der Waals surface area contributed by atoms with Crippen LogP contribution in [0.2, 0.25) is 5.02 Å². The fourth-order valence-electron chi connectivity index (χ4n) is 3.28. The van der Waals surface area contributed by atoms with E-state index in [9.17, 15) is 14.7 Å². The summed E-state index contributed by atoms with van der Waals surface area (Å²) in [6, 6.07) is 11.1. The lowest BCUT2D eigenvalue weighted by atomic mass is 9.79. The molecule has 1 unspecified atom stereocenters. The Kier molecular flexibility index (Phi) is 6.71. The fraction of sp³-hybridized carbons (Fsp3) is 0.333. The van der Waals surface area contributed by atoms with Crippen molar-refractivity contribution in [3.8, 4) is 0 Å². The van der Waals surface area contributed by atoms with E-state index in [-0.39, 0.29) is 0 Å². The molecule has 27 heavy (non-hydrogen) atoms. The highest BCUT2D eigenvalue weighted by atomic mass is 79.9. The van der Waals surface area contributed by atoms with Crippen LogP contribution in [-0.2, 0) is 16.1 Å². The SMILES string of the molecule is Cc1cc(CN(C=O)C(C)(C)C(C(=O)O)c2cc(Br)ccc2C)ccc1Cl. The molecular weight excluding hydrogens is 430 g/mol. The van der Waals surface area contributed by atoms with Crippen LogP contribution in [0.4, 0.5) is 0 Å². The van der Waals surface area contributed by atoms with E-state index in [0.717, 1.165) is 21.2 Å². The highest BCUT2D eigenvalue weighted by molar-refractivity contribution is 9.10. The van der Waals surface area contributed by atoms with Crippen molar-refractivity contribution in [1.29, 1.82) is 0 Å². The second-order valence-electron chi connectivity index (χ2n) is 7.24. The van der Waals surface area contributed by atoms with E-state index >= 15 is 0 Å². The van der Waals surface area contributed by atoms with Gasteiger partial charge in [-0.05, 0) is 68.1 Å². The number of amides is 1. The molecule has 0 bridgehead atoms. The summed E-state index contributed by atoms with van der Waals surface area (Å²) in [7, 11) is 0. The van der Waals surface area contributed by atoms with E-state index in [1.165, 1.54) is 4.90 Å². The van der Waals surface area contributed by atoms with Crippen LogP contribution in [0.3, 0.4) is 0 Å². The summed E-state index contributed by atoms with van der Waals surface area (Å²) < 4.78 is 0.802. The molecular formula is C21H23BrClNO3. The molecule has 0 spiro atoms. The van der Waals surface area contributed by atoms with Gasteiger partial charge in [-0.25, -0.2) is 0 Å². The van der Waals surface area contributed by atoms with Crippen molar-refractivity contribution in [2.24, 2.45) is 0 Å². The van der Waals surface area contributed by atoms with E-state index in [1.807, 2.05) is 44.2 Å². The van der Waals surface area contributed by atoms with Crippen LogP contribution in [0.25, 0.3) is 0 Å². The molecule has 0 fully saturated rings. The highest BCUT2D eigenvalue weighted by Crippen LogP contribution is 2.36. The molecule has 0 aliphatic carbocycles. The average Bonchev–Trinajstić information content (AvgIpc) is 2.58. The van der Waals surface area contributed by atoms with Gasteiger partial charge in [0.2, 0.25) is 6.41 Å². The van der Waals surface area contributed by atoms with E-state index in [4.69, 9.17) is 11.6 Å². The Morgan fingerprint density at radius 3 is 2.44 bits per heavy atom. The van der Waals surface area contributed by atoms with Gasteiger partial charge in [0.15, 0.2) is 0 Å². The number of halogens is 2. The molecule has 1 N–H and O–H groups in total. The normalized spacial score (nSPS) is 12.5. The predicted molar refractivity (Wildman–Crippen MR) is 111 cm³/mol. The van der Waals surface area contributed by atoms with E-state index in [2.05, 4.69) is 15.9 Å². The number of carbonyl (C=O) groups excluding carboxylic acids is 1. The summed E-state index contributed by atoms with van der Waals surface area (Å²) in [5, 5.41) is 10.6. The first-order valence-electron chi connectivity index (χ1n) is 8.54. The van der Waals surface area contributed by atoms with Crippen molar-refractivity contribution in [3.05, 3.63) is 68.1 Å². The van der Waals surface area contributed by atoms with Crippen molar-refractivity contribution in [2.45, 2.75) is 45.7 Å². The number of carboxylic acid groups (broad SMARTS) is 1. The summed E-state index contributed by atoms with van der Waals surface area (Å²) in [5.74, 6) is -1.85. The van der Waals surface area contributed by atoms with E-state index in [1.54, 1.807) is 19.9 Å². The molecule has 4 nitrogen and oxygen atoms in total. The predicted octanol–water partition coefficient (Wildman–Crippen LogP) is 5.32. The zero-order valence-corrected chi connectivity index (χ0v) is 18.1. The zero-order valence-electron chi connectivity index (χ0n) is 15.8. The first-order valence-corrected chi connectivity index (χ1v) is 9.71. The van der Waals surface area contributed by atoms with Gasteiger partial charge in [0.25, 0.3) is 0 Å². The minimum absolute atomic E-state index is 0.297. The van der Waals surface area contributed by atoms with Gasteiger partial charge in [0, 0.05) is 16.0 Å². The lowest BCUT2D eigenvalue weighted by Gasteiger charge is -2.41. The summed E-state index contributed by atoms with van der Waals surface area (Å²) in [6.07, 6.45) is 0.715. The van der Waals surface area contributed by atoms with Crippen LogP contribution in [0.5, 0.6) is 0 Å². The number of rotatable bonds is 7. The van der Waals surface area contributed by atoms with E-state index < -0.39 is 17.4 Å². The van der Waals surface area contributed by atoms with Gasteiger partial charge in [0.05, 0.1) is 5.54 Å². The number of hydrogen-bond acceptors (Lipinski definition) is 2. The zero-order chi connectivity index (χ0) is 20.4. The third kappa shape index (κ3) is 4.71. The third-order valence-corrected chi connectivity index (χ3v) is 5.87. The maximum absolute atomic E-state index is 12.2. The first kappa shape index (κ1) is 21.5. The van der Waals surface area contributed by atoms with Crippen LogP contribution in [0.15, 0.2) is 40.9 Å². The largest absolute Gasteiger partial charge is 0.481 e. The van der Waals surface area contributed by atoms with Gasteiger partial charge in [-0.15, -0.1) is 0 Å². The number of hydrogen-bond donors (Lipinski definition) is 1. The number of carbonyl (C=O) groups is 2. The van der Waals surface area contributed by atoms with Gasteiger partial charge >= 0.3 is 5.97 Å².